The molecule has 0 aromatic carbocycles. The fraction of sp³-hybridized carbons (Fsp3) is 1.00. The lowest BCUT2D eigenvalue weighted by Gasteiger charge is -2.38. The first-order valence-corrected chi connectivity index (χ1v) is 46.6. The molecule has 0 spiro atoms. The monoisotopic (exact) mass is 1350 g/mol. The first-order valence-electron chi connectivity index (χ1n) is 24.0. The van der Waals surface area contributed by atoms with Crippen LogP contribution in [0.25, 0.3) is 0 Å². The van der Waals surface area contributed by atoms with Gasteiger partial charge in [-0.1, -0.05) is 27.7 Å². The SMILES string of the molecule is CN(C)P(=O)(N=P(N=P(C)(C)C)(N=P(C)(N(C)C)N(C)C)N=P(C)(N(C)C)N(C)C)N(C)C.CN(C)P(C)(=N[P+](N=P(C)(C)C)(N=P(C)(N(C)C)N(C)C)N=P(Cl)(N(C)C)N(C)C)N(C)C.CN1CCN(C)C1(Cl)Cl.[Cl-]. The van der Waals surface area contributed by atoms with E-state index in [1.165, 1.54) is 0 Å². The lowest BCUT2D eigenvalue weighted by Crippen LogP contribution is -3.00. The molecule has 0 bridgehead atoms. The van der Waals surface area contributed by atoms with Crippen molar-refractivity contribution in [3.05, 3.63) is 0 Å². The molecule has 0 aromatic rings. The second-order valence-corrected chi connectivity index (χ2v) is 59.5. The van der Waals surface area contributed by atoms with Gasteiger partial charge in [-0.2, -0.15) is 13.5 Å². The van der Waals surface area contributed by atoms with E-state index in [-0.39, 0.29) is 12.4 Å². The third-order valence-electron chi connectivity index (χ3n) is 12.2. The van der Waals surface area contributed by atoms with Crippen LogP contribution in [0.3, 0.4) is 0 Å². The van der Waals surface area contributed by atoms with Crippen LogP contribution in [0.4, 0.5) is 0 Å². The molecule has 0 N–H and O–H groups in total. The first-order chi connectivity index (χ1) is 33.0. The summed E-state index contributed by atoms with van der Waals surface area (Å²) >= 11 is 19.1. The number of rotatable bonds is 20. The predicted molar refractivity (Wildman–Crippen MR) is 358 cm³/mol. The molecule has 0 radical (unpaired) electrons. The Labute approximate surface area is 491 Å². The van der Waals surface area contributed by atoms with Crippen LogP contribution in [-0.4, -0.2) is 333 Å². The van der Waals surface area contributed by atoms with Crippen LogP contribution in [0, 0.1) is 0 Å². The third kappa shape index (κ3) is 22.7. The van der Waals surface area contributed by atoms with Gasteiger partial charge in [0.15, 0.2) is 0 Å². The predicted octanol–water partition coefficient (Wildman–Crippen LogP) is 10.4. The number of hydrogen-bond donors (Lipinski definition) is 0. The summed E-state index contributed by atoms with van der Waals surface area (Å²) in [6.45, 7) is 21.0. The van der Waals surface area contributed by atoms with Crippen LogP contribution in [0.1, 0.15) is 0 Å². The summed E-state index contributed by atoms with van der Waals surface area (Å²) in [5.41, 5.74) is 0. The highest BCUT2D eigenvalue weighted by Gasteiger charge is 2.51. The van der Waals surface area contributed by atoms with E-state index in [1.807, 2.05) is 118 Å². The second kappa shape index (κ2) is 31.7. The molecule has 76 heavy (non-hydrogen) atoms. The van der Waals surface area contributed by atoms with Crippen LogP contribution in [0.2, 0.25) is 0 Å². The van der Waals surface area contributed by atoms with Gasteiger partial charge in [0.25, 0.3) is 0 Å². The first kappa shape index (κ1) is 83.3. The summed E-state index contributed by atoms with van der Waals surface area (Å²) in [5.74, 6) is 0. The van der Waals surface area contributed by atoms with Crippen molar-refractivity contribution in [3.8, 4) is 0 Å². The number of hydrogen-bond acceptors (Lipinski definition) is 7. The zero-order valence-electron chi connectivity index (χ0n) is 54.1. The molecule has 0 atom stereocenters. The molecule has 0 aromatic heterocycles. The second-order valence-electron chi connectivity index (χ2n) is 22.7. The topological polar surface area (TPSA) is 161 Å². The highest BCUT2D eigenvalue weighted by Crippen LogP contribution is 2.85. The van der Waals surface area contributed by atoms with E-state index < -0.39 is 77.8 Å². The lowest BCUT2D eigenvalue weighted by molar-refractivity contribution is -0.0000200. The summed E-state index contributed by atoms with van der Waals surface area (Å²) in [6, 6.07) is 0. The molecule has 37 heteroatoms. The Bertz CT molecular complexity index is 2140. The Morgan fingerprint density at radius 1 is 0.382 bits per heavy atom. The van der Waals surface area contributed by atoms with Crippen molar-refractivity contribution < 1.29 is 17.0 Å². The van der Waals surface area contributed by atoms with E-state index in [2.05, 4.69) is 160 Å². The molecule has 23 nitrogen and oxygen atoms in total. The van der Waals surface area contributed by atoms with Gasteiger partial charge in [-0.25, -0.2) is 23.2 Å². The maximum absolute atomic E-state index is 14.3. The molecule has 0 amide bonds. The van der Waals surface area contributed by atoms with Crippen molar-refractivity contribution in [2.24, 2.45) is 36.1 Å². The summed E-state index contributed by atoms with van der Waals surface area (Å²) in [5, 5.41) is 0. The minimum atomic E-state index is -3.32. The maximum Gasteiger partial charge on any atom is 0.495 e. The molecule has 1 aliphatic heterocycles. The van der Waals surface area contributed by atoms with E-state index in [4.69, 9.17) is 70.6 Å². The molecular weight excluding hydrogens is 1240 g/mol. The summed E-state index contributed by atoms with van der Waals surface area (Å²) in [4.78, 5) is 3.80. The van der Waals surface area contributed by atoms with E-state index in [9.17, 15) is 4.57 Å². The molecule has 1 fully saturated rings. The van der Waals surface area contributed by atoms with Crippen LogP contribution in [0.15, 0.2) is 36.1 Å². The van der Waals surface area contributed by atoms with Crippen LogP contribution >= 0.6 is 108 Å². The molecule has 1 rings (SSSR count). The summed E-state index contributed by atoms with van der Waals surface area (Å²) in [6.07, 6.45) is 0. The van der Waals surface area contributed by atoms with Gasteiger partial charge in [-0.15, -0.1) is 0 Å². The highest BCUT2D eigenvalue weighted by atomic mass is 35.7. The fourth-order valence-electron chi connectivity index (χ4n) is 6.12. The largest absolute Gasteiger partial charge is 1.00 e. The minimum Gasteiger partial charge on any atom is -1.00 e. The van der Waals surface area contributed by atoms with Gasteiger partial charge >= 0.3 is 23.0 Å². The molecule has 1 aliphatic rings. The smallest absolute Gasteiger partial charge is 0.495 e. The fourth-order valence-corrected chi connectivity index (χ4v) is 40.3. The average Bonchev–Trinajstić information content (AvgIpc) is 3.43. The maximum atomic E-state index is 14.3. The minimum absolute atomic E-state index is 0. The molecule has 1 heterocycles. The standard InChI is InChI=1S/C17H51ClN10P5.C17H51N10OP5.C5H10Cl2N2.ClH/c1-23(2)30(16,24(3)4)20-33(19-29(13,14)15,21-31(17,25(5)6)26(7)8)22-32(18,27(9)10)28(11)12;1-22(2)30(16,23(3)4)19-32(18-29(13,14)15,20-31(17,24(5)6)25(7)8)21-33(28,26(9)10)27(11)12;1-8-3-4-9(2)5(8,6)7;/h2*1-17H3;3-4H2,1-2H3;1H/q+1;;;/p-1. The average molecular weight is 1360 g/mol. The number of nitrogens with zero attached hydrogens (tertiary/aromatic N) is 22. The molecule has 462 valence electrons. The highest BCUT2D eigenvalue weighted by molar-refractivity contribution is 7.95. The molecular formula is C39H112Cl4N22OP10. The quantitative estimate of drug-likeness (QED) is 0.0643. The Hall–Kier alpha value is 3.10. The van der Waals surface area contributed by atoms with Crippen molar-refractivity contribution in [1.29, 1.82) is 0 Å². The lowest BCUT2D eigenvalue weighted by atomic mass is 10.6. The molecule has 0 unspecified atom stereocenters. The van der Waals surface area contributed by atoms with Crippen molar-refractivity contribution >= 4 is 108 Å². The molecule has 1 saturated heterocycles. The van der Waals surface area contributed by atoms with E-state index >= 15 is 0 Å². The third-order valence-corrected chi connectivity index (χ3v) is 51.3. The van der Waals surface area contributed by atoms with Crippen LogP contribution < -0.4 is 12.4 Å². The summed E-state index contributed by atoms with van der Waals surface area (Å²) < 4.78 is 81.7. The van der Waals surface area contributed by atoms with Crippen molar-refractivity contribution in [2.45, 2.75) is 4.58 Å². The number of alkyl halides is 2. The van der Waals surface area contributed by atoms with Gasteiger partial charge in [0, 0.05) is 33.5 Å². The van der Waals surface area contributed by atoms with E-state index in [0.717, 1.165) is 13.1 Å². The number of likely N-dealkylation sites (N-methyl/N-ethyl adjacent to an activating group) is 2. The Morgan fingerprint density at radius 3 is 0.816 bits per heavy atom. The van der Waals surface area contributed by atoms with Crippen molar-refractivity contribution in [3.63, 3.8) is 0 Å². The van der Waals surface area contributed by atoms with Crippen molar-refractivity contribution in [1.82, 2.24) is 65.8 Å². The van der Waals surface area contributed by atoms with Crippen LogP contribution in [0.5, 0.6) is 0 Å². The zero-order chi connectivity index (χ0) is 60.7. The Balaban J connectivity index is -0.00000118. The normalized spacial score (nSPS) is 16.3. The molecule has 0 saturated carbocycles. The van der Waals surface area contributed by atoms with E-state index in [0.29, 0.717) is 0 Å². The van der Waals surface area contributed by atoms with E-state index in [1.54, 1.807) is 37.5 Å². The molecule has 0 aliphatic carbocycles. The van der Waals surface area contributed by atoms with Gasteiger partial charge in [0.2, 0.25) is 11.3 Å². The van der Waals surface area contributed by atoms with Crippen molar-refractivity contribution in [2.75, 3.05) is 263 Å². The van der Waals surface area contributed by atoms with Gasteiger partial charge in [-0.3, -0.25) is 51.7 Å². The van der Waals surface area contributed by atoms with Gasteiger partial charge in [0.05, 0.1) is 0 Å². The Morgan fingerprint density at radius 2 is 0.645 bits per heavy atom. The number of halogens is 4. The zero-order valence-corrected chi connectivity index (χ0v) is 66.1. The van der Waals surface area contributed by atoms with Gasteiger partial charge in [-0.05, 0) is 268 Å². The Kier molecular flexibility index (Phi) is 34.7. The van der Waals surface area contributed by atoms with Crippen LogP contribution in [-0.2, 0) is 4.57 Å². The van der Waals surface area contributed by atoms with Gasteiger partial charge < -0.3 is 12.4 Å². The van der Waals surface area contributed by atoms with Gasteiger partial charge in [0.1, 0.15) is 29.4 Å². The summed E-state index contributed by atoms with van der Waals surface area (Å²) in [7, 11) is 30.1.